The zero-order chi connectivity index (χ0) is 16.4. The van der Waals surface area contributed by atoms with E-state index in [-0.39, 0.29) is 11.1 Å². The number of halogens is 1. The minimum absolute atomic E-state index is 0.0889. The van der Waals surface area contributed by atoms with Gasteiger partial charge in [-0.05, 0) is 50.1 Å². The second-order valence-corrected chi connectivity index (χ2v) is 5.19. The van der Waals surface area contributed by atoms with Crippen molar-refractivity contribution in [3.63, 3.8) is 0 Å². The van der Waals surface area contributed by atoms with Gasteiger partial charge in [0.05, 0.1) is 10.5 Å². The first kappa shape index (κ1) is 15.6. The van der Waals surface area contributed by atoms with Crippen LogP contribution < -0.4 is 5.32 Å². The van der Waals surface area contributed by atoms with Gasteiger partial charge in [0.25, 0.3) is 11.6 Å². The minimum atomic E-state index is -0.778. The van der Waals surface area contributed by atoms with Gasteiger partial charge in [0.1, 0.15) is 5.82 Å². The summed E-state index contributed by atoms with van der Waals surface area (Å²) < 4.78 is 13.7. The van der Waals surface area contributed by atoms with E-state index < -0.39 is 22.3 Å². The molecule has 0 saturated carbocycles. The van der Waals surface area contributed by atoms with Crippen LogP contribution in [0.25, 0.3) is 0 Å². The van der Waals surface area contributed by atoms with Gasteiger partial charge >= 0.3 is 0 Å². The van der Waals surface area contributed by atoms with Gasteiger partial charge in [-0.25, -0.2) is 4.39 Å². The van der Waals surface area contributed by atoms with Crippen molar-refractivity contribution in [2.75, 3.05) is 5.32 Å². The SMILES string of the molecule is Cc1cc(C)cc(NC(=O)c2cc(F)c(C)c([N+](=O)[O-])c2)c1. The number of hydrogen-bond acceptors (Lipinski definition) is 3. The molecule has 2 aromatic carbocycles. The van der Waals surface area contributed by atoms with Crippen LogP contribution in [0.5, 0.6) is 0 Å². The lowest BCUT2D eigenvalue weighted by Gasteiger charge is -2.08. The third-order valence-corrected chi connectivity index (χ3v) is 3.26. The Balaban J connectivity index is 2.35. The zero-order valence-corrected chi connectivity index (χ0v) is 12.4. The summed E-state index contributed by atoms with van der Waals surface area (Å²) in [6, 6.07) is 7.57. The van der Waals surface area contributed by atoms with Gasteiger partial charge in [0.2, 0.25) is 0 Å². The van der Waals surface area contributed by atoms with Gasteiger partial charge in [0.15, 0.2) is 0 Å². The lowest BCUT2D eigenvalue weighted by molar-refractivity contribution is -0.385. The molecule has 1 amide bonds. The van der Waals surface area contributed by atoms with Crippen LogP contribution in [0.4, 0.5) is 15.8 Å². The number of carbonyl (C=O) groups excluding carboxylic acids is 1. The fraction of sp³-hybridized carbons (Fsp3) is 0.188. The van der Waals surface area contributed by atoms with E-state index in [2.05, 4.69) is 5.32 Å². The highest BCUT2D eigenvalue weighted by Gasteiger charge is 2.19. The van der Waals surface area contributed by atoms with Crippen molar-refractivity contribution in [3.05, 3.63) is 68.5 Å². The van der Waals surface area contributed by atoms with Crippen molar-refractivity contribution in [3.8, 4) is 0 Å². The average Bonchev–Trinajstić information content (AvgIpc) is 2.39. The lowest BCUT2D eigenvalue weighted by atomic mass is 10.1. The van der Waals surface area contributed by atoms with Gasteiger partial charge < -0.3 is 5.32 Å². The van der Waals surface area contributed by atoms with E-state index in [9.17, 15) is 19.3 Å². The van der Waals surface area contributed by atoms with Crippen LogP contribution in [-0.2, 0) is 0 Å². The Morgan fingerprint density at radius 2 is 1.68 bits per heavy atom. The van der Waals surface area contributed by atoms with Crippen LogP contribution in [0, 0.1) is 36.7 Å². The molecule has 1 N–H and O–H groups in total. The summed E-state index contributed by atoms with van der Waals surface area (Å²) in [5.74, 6) is -1.37. The molecule has 0 aromatic heterocycles. The first-order chi connectivity index (χ1) is 10.3. The molecule has 0 radical (unpaired) electrons. The van der Waals surface area contributed by atoms with E-state index in [0.717, 1.165) is 23.3 Å². The van der Waals surface area contributed by atoms with Gasteiger partial charge in [-0.15, -0.1) is 0 Å². The smallest absolute Gasteiger partial charge is 0.276 e. The van der Waals surface area contributed by atoms with E-state index in [1.165, 1.54) is 6.92 Å². The number of nitro groups is 1. The molecule has 0 spiro atoms. The standard InChI is InChI=1S/C16H15FN2O3/c1-9-4-10(2)6-13(5-9)18-16(20)12-7-14(17)11(3)15(8-12)19(21)22/h4-8H,1-3H3,(H,18,20). The molecule has 22 heavy (non-hydrogen) atoms. The van der Waals surface area contributed by atoms with Crippen LogP contribution in [0.1, 0.15) is 27.0 Å². The Labute approximate surface area is 126 Å². The van der Waals surface area contributed by atoms with Crippen LogP contribution in [-0.4, -0.2) is 10.8 Å². The summed E-state index contributed by atoms with van der Waals surface area (Å²) in [6.07, 6.45) is 0. The summed E-state index contributed by atoms with van der Waals surface area (Å²) in [4.78, 5) is 22.4. The zero-order valence-electron chi connectivity index (χ0n) is 12.4. The molecule has 0 fully saturated rings. The number of rotatable bonds is 3. The number of aryl methyl sites for hydroxylation is 2. The van der Waals surface area contributed by atoms with E-state index in [0.29, 0.717) is 5.69 Å². The van der Waals surface area contributed by atoms with Gasteiger partial charge in [0, 0.05) is 17.3 Å². The van der Waals surface area contributed by atoms with Crippen molar-refractivity contribution < 1.29 is 14.1 Å². The van der Waals surface area contributed by atoms with Crippen molar-refractivity contribution in [1.82, 2.24) is 0 Å². The topological polar surface area (TPSA) is 72.2 Å². The molecular weight excluding hydrogens is 287 g/mol. The molecule has 5 nitrogen and oxygen atoms in total. The molecule has 0 aliphatic heterocycles. The molecule has 0 saturated heterocycles. The predicted molar refractivity (Wildman–Crippen MR) is 81.7 cm³/mol. The van der Waals surface area contributed by atoms with E-state index in [4.69, 9.17) is 0 Å². The molecule has 0 bridgehead atoms. The maximum absolute atomic E-state index is 13.7. The Hall–Kier alpha value is -2.76. The molecule has 0 atom stereocenters. The maximum atomic E-state index is 13.7. The summed E-state index contributed by atoms with van der Waals surface area (Å²) >= 11 is 0. The maximum Gasteiger partial charge on any atom is 0.276 e. The summed E-state index contributed by atoms with van der Waals surface area (Å²) in [7, 11) is 0. The number of amides is 1. The quantitative estimate of drug-likeness (QED) is 0.690. The molecule has 0 heterocycles. The molecular formula is C16H15FN2O3. The predicted octanol–water partition coefficient (Wildman–Crippen LogP) is 3.91. The highest BCUT2D eigenvalue weighted by Crippen LogP contribution is 2.23. The highest BCUT2D eigenvalue weighted by atomic mass is 19.1. The number of nitrogens with one attached hydrogen (secondary N) is 1. The molecule has 2 rings (SSSR count). The molecule has 114 valence electrons. The lowest BCUT2D eigenvalue weighted by Crippen LogP contribution is -2.13. The Bertz CT molecular complexity index is 752. The third-order valence-electron chi connectivity index (χ3n) is 3.26. The number of nitro benzene ring substituents is 1. The number of benzene rings is 2. The molecule has 6 heteroatoms. The fourth-order valence-corrected chi connectivity index (χ4v) is 2.24. The molecule has 0 aliphatic rings. The Kier molecular flexibility index (Phi) is 4.21. The fourth-order valence-electron chi connectivity index (χ4n) is 2.24. The van der Waals surface area contributed by atoms with Crippen molar-refractivity contribution in [1.29, 1.82) is 0 Å². The molecule has 0 aliphatic carbocycles. The summed E-state index contributed by atoms with van der Waals surface area (Å²) in [5.41, 5.74) is 1.91. The average molecular weight is 302 g/mol. The largest absolute Gasteiger partial charge is 0.322 e. The van der Waals surface area contributed by atoms with Crippen LogP contribution in [0.2, 0.25) is 0 Å². The van der Waals surface area contributed by atoms with Gasteiger partial charge in [-0.3, -0.25) is 14.9 Å². The summed E-state index contributed by atoms with van der Waals surface area (Å²) in [5, 5.41) is 13.5. The van der Waals surface area contributed by atoms with Crippen LogP contribution >= 0.6 is 0 Å². The third kappa shape index (κ3) is 3.28. The Morgan fingerprint density at radius 1 is 1.09 bits per heavy atom. The monoisotopic (exact) mass is 302 g/mol. The van der Waals surface area contributed by atoms with E-state index in [1.807, 2.05) is 19.9 Å². The number of nitrogens with zero attached hydrogens (tertiary/aromatic N) is 1. The normalized spacial score (nSPS) is 10.4. The van der Waals surface area contributed by atoms with Gasteiger partial charge in [-0.2, -0.15) is 0 Å². The number of hydrogen-bond donors (Lipinski definition) is 1. The first-order valence-electron chi connectivity index (χ1n) is 6.62. The highest BCUT2D eigenvalue weighted by molar-refractivity contribution is 6.04. The first-order valence-corrected chi connectivity index (χ1v) is 6.62. The van der Waals surface area contributed by atoms with Crippen molar-refractivity contribution in [2.24, 2.45) is 0 Å². The van der Waals surface area contributed by atoms with Crippen LogP contribution in [0.15, 0.2) is 30.3 Å². The van der Waals surface area contributed by atoms with Crippen LogP contribution in [0.3, 0.4) is 0 Å². The van der Waals surface area contributed by atoms with Gasteiger partial charge in [-0.1, -0.05) is 6.07 Å². The Morgan fingerprint density at radius 3 is 2.23 bits per heavy atom. The van der Waals surface area contributed by atoms with Crippen molar-refractivity contribution in [2.45, 2.75) is 20.8 Å². The number of carbonyl (C=O) groups is 1. The summed E-state index contributed by atoms with van der Waals surface area (Å²) in [6.45, 7) is 5.08. The second kappa shape index (κ2) is 5.93. The van der Waals surface area contributed by atoms with E-state index >= 15 is 0 Å². The minimum Gasteiger partial charge on any atom is -0.322 e. The van der Waals surface area contributed by atoms with E-state index in [1.54, 1.807) is 12.1 Å². The number of anilines is 1. The van der Waals surface area contributed by atoms with Crippen molar-refractivity contribution >= 4 is 17.3 Å². The molecule has 0 unspecified atom stereocenters. The molecule has 2 aromatic rings. The second-order valence-electron chi connectivity index (χ2n) is 5.19.